The number of phenols is 2. The summed E-state index contributed by atoms with van der Waals surface area (Å²) in [5, 5.41) is 34.1. The number of carbonyl (C=O) groups excluding carboxylic acids is 1. The molecular formula is C27H17NO6. The maximum Gasteiger partial charge on any atom is 0.344 e. The van der Waals surface area contributed by atoms with Crippen molar-refractivity contribution in [2.24, 2.45) is 0 Å². The largest absolute Gasteiger partial charge is 0.507 e. The van der Waals surface area contributed by atoms with Crippen molar-refractivity contribution in [1.29, 1.82) is 0 Å². The Morgan fingerprint density at radius 1 is 0.706 bits per heavy atom. The lowest BCUT2D eigenvalue weighted by Gasteiger charge is -2.14. The highest BCUT2D eigenvalue weighted by Crippen LogP contribution is 2.38. The first-order chi connectivity index (χ1) is 16.4. The molecular weight excluding hydrogens is 434 g/mol. The van der Waals surface area contributed by atoms with E-state index in [1.165, 1.54) is 36.4 Å². The van der Waals surface area contributed by atoms with Gasteiger partial charge in [0, 0.05) is 28.3 Å². The molecule has 166 valence electrons. The van der Waals surface area contributed by atoms with E-state index in [4.69, 9.17) is 4.74 Å². The molecule has 0 saturated carbocycles. The number of phenolic OH excluding ortho intramolecular Hbond substituents is 2. The van der Waals surface area contributed by atoms with Crippen LogP contribution in [0.3, 0.4) is 0 Å². The molecule has 0 atom stereocenters. The SMILES string of the molecule is O=C(Oc1ccc(O)c2ccccc12)c1cc([N+](=O)[O-])ccc1-c1ccc(O)c2ccccc12. The highest BCUT2D eigenvalue weighted by Gasteiger charge is 2.22. The molecule has 7 heteroatoms. The quantitative estimate of drug-likeness (QED) is 0.146. The zero-order valence-electron chi connectivity index (χ0n) is 17.6. The van der Waals surface area contributed by atoms with Crippen molar-refractivity contribution < 1.29 is 24.7 Å². The summed E-state index contributed by atoms with van der Waals surface area (Å²) < 4.78 is 5.68. The third-order valence-electron chi connectivity index (χ3n) is 5.69. The number of nitro benzene ring substituents is 1. The predicted octanol–water partition coefficient (Wildman–Crippen LogP) is 6.20. The van der Waals surface area contributed by atoms with Crippen LogP contribution in [0.4, 0.5) is 5.69 Å². The average molecular weight is 451 g/mol. The summed E-state index contributed by atoms with van der Waals surface area (Å²) in [5.74, 6) is -0.443. The summed E-state index contributed by atoms with van der Waals surface area (Å²) in [4.78, 5) is 24.2. The number of nitrogens with zero attached hydrogens (tertiary/aromatic N) is 1. The zero-order valence-corrected chi connectivity index (χ0v) is 17.6. The van der Waals surface area contributed by atoms with Crippen LogP contribution in [0.2, 0.25) is 0 Å². The third-order valence-corrected chi connectivity index (χ3v) is 5.69. The van der Waals surface area contributed by atoms with E-state index < -0.39 is 10.9 Å². The number of nitro groups is 1. The van der Waals surface area contributed by atoms with Gasteiger partial charge in [-0.25, -0.2) is 4.79 Å². The number of aromatic hydroxyl groups is 2. The fraction of sp³-hybridized carbons (Fsp3) is 0. The zero-order chi connectivity index (χ0) is 23.8. The van der Waals surface area contributed by atoms with Crippen LogP contribution in [0.5, 0.6) is 17.2 Å². The molecule has 0 amide bonds. The summed E-state index contributed by atoms with van der Waals surface area (Å²) >= 11 is 0. The van der Waals surface area contributed by atoms with Gasteiger partial charge in [0.05, 0.1) is 10.5 Å². The smallest absolute Gasteiger partial charge is 0.344 e. The van der Waals surface area contributed by atoms with Crippen LogP contribution in [0.1, 0.15) is 10.4 Å². The monoisotopic (exact) mass is 451 g/mol. The first-order valence-corrected chi connectivity index (χ1v) is 10.4. The van der Waals surface area contributed by atoms with Gasteiger partial charge in [-0.05, 0) is 40.8 Å². The van der Waals surface area contributed by atoms with Crippen molar-refractivity contribution in [2.75, 3.05) is 0 Å². The van der Waals surface area contributed by atoms with E-state index in [-0.39, 0.29) is 28.5 Å². The molecule has 2 N–H and O–H groups in total. The Kier molecular flexibility index (Phi) is 5.07. The molecule has 0 heterocycles. The molecule has 0 aromatic heterocycles. The van der Waals surface area contributed by atoms with Crippen LogP contribution in [-0.2, 0) is 0 Å². The summed E-state index contributed by atoms with van der Waals surface area (Å²) in [5.41, 5.74) is 0.789. The Labute approximate surface area is 193 Å². The van der Waals surface area contributed by atoms with E-state index in [1.54, 1.807) is 54.6 Å². The van der Waals surface area contributed by atoms with Gasteiger partial charge in [0.1, 0.15) is 17.2 Å². The van der Waals surface area contributed by atoms with Crippen molar-refractivity contribution in [2.45, 2.75) is 0 Å². The lowest BCUT2D eigenvalue weighted by Crippen LogP contribution is -2.11. The number of non-ortho nitro benzene ring substituents is 1. The molecule has 0 saturated heterocycles. The Bertz CT molecular complexity index is 1610. The highest BCUT2D eigenvalue weighted by atomic mass is 16.6. The predicted molar refractivity (Wildman–Crippen MR) is 128 cm³/mol. The second-order valence-corrected chi connectivity index (χ2v) is 7.68. The molecule has 34 heavy (non-hydrogen) atoms. The van der Waals surface area contributed by atoms with E-state index in [0.29, 0.717) is 32.7 Å². The molecule has 0 fully saturated rings. The van der Waals surface area contributed by atoms with E-state index in [9.17, 15) is 25.1 Å². The first-order valence-electron chi connectivity index (χ1n) is 10.4. The summed E-state index contributed by atoms with van der Waals surface area (Å²) in [6.07, 6.45) is 0. The average Bonchev–Trinajstić information content (AvgIpc) is 2.86. The minimum absolute atomic E-state index is 0.00204. The molecule has 0 aliphatic carbocycles. The Morgan fingerprint density at radius 3 is 1.94 bits per heavy atom. The number of hydrogen-bond acceptors (Lipinski definition) is 6. The van der Waals surface area contributed by atoms with Crippen LogP contribution in [0.25, 0.3) is 32.7 Å². The van der Waals surface area contributed by atoms with E-state index in [1.807, 2.05) is 0 Å². The molecule has 0 unspecified atom stereocenters. The van der Waals surface area contributed by atoms with Crippen molar-refractivity contribution in [3.63, 3.8) is 0 Å². The second kappa shape index (κ2) is 8.22. The topological polar surface area (TPSA) is 110 Å². The lowest BCUT2D eigenvalue weighted by atomic mass is 9.94. The molecule has 0 aliphatic rings. The molecule has 0 aliphatic heterocycles. The minimum Gasteiger partial charge on any atom is -0.507 e. The van der Waals surface area contributed by atoms with Crippen LogP contribution in [-0.4, -0.2) is 21.1 Å². The Balaban J connectivity index is 1.67. The molecule has 0 spiro atoms. The van der Waals surface area contributed by atoms with Crippen molar-refractivity contribution in [1.82, 2.24) is 0 Å². The van der Waals surface area contributed by atoms with E-state index >= 15 is 0 Å². The van der Waals surface area contributed by atoms with Gasteiger partial charge in [0.2, 0.25) is 0 Å². The number of fused-ring (bicyclic) bond motifs is 2. The second-order valence-electron chi connectivity index (χ2n) is 7.68. The van der Waals surface area contributed by atoms with Crippen molar-refractivity contribution in [3.8, 4) is 28.4 Å². The summed E-state index contributed by atoms with van der Waals surface area (Å²) in [6, 6.07) is 24.1. The third kappa shape index (κ3) is 3.55. The van der Waals surface area contributed by atoms with E-state index in [0.717, 1.165) is 0 Å². The number of rotatable bonds is 4. The highest BCUT2D eigenvalue weighted by molar-refractivity contribution is 6.07. The standard InChI is InChI=1S/C27H17NO6/c29-24-12-11-18(17-5-1-2-6-20(17)24)19-10-9-16(28(32)33)15-23(19)27(31)34-26-14-13-25(30)21-7-3-4-8-22(21)26/h1-15,29-30H. The lowest BCUT2D eigenvalue weighted by molar-refractivity contribution is -0.384. The summed E-state index contributed by atoms with van der Waals surface area (Å²) in [7, 11) is 0. The molecule has 0 bridgehead atoms. The normalized spacial score (nSPS) is 10.9. The van der Waals surface area contributed by atoms with Gasteiger partial charge in [0.25, 0.3) is 5.69 Å². The van der Waals surface area contributed by atoms with E-state index in [2.05, 4.69) is 0 Å². The van der Waals surface area contributed by atoms with Gasteiger partial charge in [-0.15, -0.1) is 0 Å². The van der Waals surface area contributed by atoms with Crippen molar-refractivity contribution in [3.05, 3.63) is 107 Å². The fourth-order valence-electron chi connectivity index (χ4n) is 4.07. The van der Waals surface area contributed by atoms with Gasteiger partial charge < -0.3 is 14.9 Å². The Hall–Kier alpha value is -4.91. The summed E-state index contributed by atoms with van der Waals surface area (Å²) in [6.45, 7) is 0. The van der Waals surface area contributed by atoms with Gasteiger partial charge >= 0.3 is 5.97 Å². The van der Waals surface area contributed by atoms with Crippen LogP contribution in [0.15, 0.2) is 91.0 Å². The molecule has 0 radical (unpaired) electrons. The minimum atomic E-state index is -0.785. The molecule has 7 nitrogen and oxygen atoms in total. The van der Waals surface area contributed by atoms with Crippen LogP contribution < -0.4 is 4.74 Å². The van der Waals surface area contributed by atoms with Gasteiger partial charge in [-0.1, -0.05) is 54.6 Å². The Morgan fingerprint density at radius 2 is 1.26 bits per heavy atom. The number of benzene rings is 5. The number of carbonyl (C=O) groups is 1. The van der Waals surface area contributed by atoms with Gasteiger partial charge in [0.15, 0.2) is 0 Å². The van der Waals surface area contributed by atoms with Gasteiger partial charge in [-0.2, -0.15) is 0 Å². The van der Waals surface area contributed by atoms with Crippen LogP contribution in [0, 0.1) is 10.1 Å². The molecule has 5 rings (SSSR count). The van der Waals surface area contributed by atoms with Crippen molar-refractivity contribution >= 4 is 33.2 Å². The first kappa shape index (κ1) is 21.0. The van der Waals surface area contributed by atoms with Crippen LogP contribution >= 0.6 is 0 Å². The maximum absolute atomic E-state index is 13.4. The molecule has 5 aromatic carbocycles. The number of esters is 1. The molecule has 5 aromatic rings. The van der Waals surface area contributed by atoms with Gasteiger partial charge in [-0.3, -0.25) is 10.1 Å². The fourth-order valence-corrected chi connectivity index (χ4v) is 4.07. The number of hydrogen-bond donors (Lipinski definition) is 2. The number of ether oxygens (including phenoxy) is 1. The maximum atomic E-state index is 13.4.